The average Bonchev–Trinajstić information content (AvgIpc) is 3.00. The molecule has 3 rings (SSSR count). The van der Waals surface area contributed by atoms with Crippen molar-refractivity contribution in [2.75, 3.05) is 18.5 Å². The lowest BCUT2D eigenvalue weighted by atomic mass is 10.2. The smallest absolute Gasteiger partial charge is 0.258 e. The molecular weight excluding hydrogens is 308 g/mol. The Morgan fingerprint density at radius 3 is 2.67 bits per heavy atom. The summed E-state index contributed by atoms with van der Waals surface area (Å²) in [5.41, 5.74) is 1.11. The monoisotopic (exact) mass is 326 g/mol. The van der Waals surface area contributed by atoms with Crippen LogP contribution in [0.15, 0.2) is 42.6 Å². The summed E-state index contributed by atoms with van der Waals surface area (Å²) in [5.74, 6) is 1.22. The Balaban J connectivity index is 1.85. The van der Waals surface area contributed by atoms with E-state index in [2.05, 4.69) is 15.5 Å². The maximum absolute atomic E-state index is 12.5. The molecule has 24 heavy (non-hydrogen) atoms. The number of hydrogen-bond donors (Lipinski definition) is 1. The van der Waals surface area contributed by atoms with Gasteiger partial charge in [0.05, 0.1) is 13.2 Å². The van der Waals surface area contributed by atoms with Crippen molar-refractivity contribution >= 4 is 17.5 Å². The Labute approximate surface area is 139 Å². The Morgan fingerprint density at radius 1 is 1.08 bits per heavy atom. The van der Waals surface area contributed by atoms with Crippen LogP contribution in [-0.4, -0.2) is 33.7 Å². The number of amides is 1. The highest BCUT2D eigenvalue weighted by Crippen LogP contribution is 2.28. The first-order valence-electron chi connectivity index (χ1n) is 7.73. The van der Waals surface area contributed by atoms with E-state index in [1.54, 1.807) is 28.8 Å². The molecule has 124 valence electrons. The van der Waals surface area contributed by atoms with Gasteiger partial charge in [-0.25, -0.2) is 0 Å². The maximum Gasteiger partial charge on any atom is 0.258 e. The highest BCUT2D eigenvalue weighted by atomic mass is 16.5. The van der Waals surface area contributed by atoms with Crippen molar-refractivity contribution < 1.29 is 14.3 Å². The molecular formula is C17H18N4O3. The van der Waals surface area contributed by atoms with E-state index in [-0.39, 0.29) is 5.91 Å². The van der Waals surface area contributed by atoms with Crippen molar-refractivity contribution in [3.63, 3.8) is 0 Å². The van der Waals surface area contributed by atoms with Crippen LogP contribution in [0.5, 0.6) is 11.5 Å². The van der Waals surface area contributed by atoms with E-state index in [0.29, 0.717) is 41.9 Å². The fourth-order valence-corrected chi connectivity index (χ4v) is 2.29. The fourth-order valence-electron chi connectivity index (χ4n) is 2.29. The standard InChI is InChI=1S/C17H18N4O3/c1-3-23-13-9-8-12(11-14(13)24-4-2)16(22)18-17-20-19-15-7-5-6-10-21(15)17/h5-11H,3-4H2,1-2H3,(H,18,20,22). The van der Waals surface area contributed by atoms with E-state index in [0.717, 1.165) is 0 Å². The largest absolute Gasteiger partial charge is 0.490 e. The number of pyridine rings is 1. The predicted octanol–water partition coefficient (Wildman–Crippen LogP) is 2.78. The number of carbonyl (C=O) groups excluding carboxylic acids is 1. The summed E-state index contributed by atoms with van der Waals surface area (Å²) in [6.45, 7) is 4.79. The van der Waals surface area contributed by atoms with E-state index in [1.807, 2.05) is 32.0 Å². The van der Waals surface area contributed by atoms with Crippen LogP contribution < -0.4 is 14.8 Å². The van der Waals surface area contributed by atoms with Crippen molar-refractivity contribution in [1.29, 1.82) is 0 Å². The number of ether oxygens (including phenoxy) is 2. The molecule has 7 nitrogen and oxygen atoms in total. The van der Waals surface area contributed by atoms with Crippen molar-refractivity contribution in [2.45, 2.75) is 13.8 Å². The maximum atomic E-state index is 12.5. The number of aromatic nitrogens is 3. The lowest BCUT2D eigenvalue weighted by Gasteiger charge is -2.12. The highest BCUT2D eigenvalue weighted by molar-refractivity contribution is 6.03. The minimum atomic E-state index is -0.294. The number of hydrogen-bond acceptors (Lipinski definition) is 5. The Kier molecular flexibility index (Phi) is 4.60. The van der Waals surface area contributed by atoms with Gasteiger partial charge >= 0.3 is 0 Å². The lowest BCUT2D eigenvalue weighted by Crippen LogP contribution is -2.14. The molecule has 0 unspecified atom stereocenters. The molecule has 2 aromatic heterocycles. The van der Waals surface area contributed by atoms with Crippen LogP contribution in [0.4, 0.5) is 5.95 Å². The molecule has 0 saturated carbocycles. The van der Waals surface area contributed by atoms with E-state index >= 15 is 0 Å². The van der Waals surface area contributed by atoms with E-state index in [4.69, 9.17) is 9.47 Å². The minimum Gasteiger partial charge on any atom is -0.490 e. The Bertz CT molecular complexity index is 860. The molecule has 7 heteroatoms. The van der Waals surface area contributed by atoms with Gasteiger partial charge in [-0.2, -0.15) is 0 Å². The van der Waals surface area contributed by atoms with Gasteiger partial charge in [0.15, 0.2) is 17.1 Å². The number of carbonyl (C=O) groups is 1. The van der Waals surface area contributed by atoms with Gasteiger partial charge in [0.25, 0.3) is 5.91 Å². The van der Waals surface area contributed by atoms with Crippen LogP contribution in [0.2, 0.25) is 0 Å². The third kappa shape index (κ3) is 3.15. The van der Waals surface area contributed by atoms with Gasteiger partial charge in [-0.1, -0.05) is 6.07 Å². The van der Waals surface area contributed by atoms with Crippen LogP contribution in [0.25, 0.3) is 5.65 Å². The van der Waals surface area contributed by atoms with Crippen molar-refractivity contribution in [2.24, 2.45) is 0 Å². The quantitative estimate of drug-likeness (QED) is 0.753. The summed E-state index contributed by atoms with van der Waals surface area (Å²) in [6, 6.07) is 10.6. The molecule has 0 aliphatic carbocycles. The summed E-state index contributed by atoms with van der Waals surface area (Å²) in [4.78, 5) is 12.5. The zero-order valence-corrected chi connectivity index (χ0v) is 13.5. The van der Waals surface area contributed by atoms with Crippen molar-refractivity contribution in [3.05, 3.63) is 48.2 Å². The van der Waals surface area contributed by atoms with Gasteiger partial charge in [-0.05, 0) is 44.2 Å². The van der Waals surface area contributed by atoms with Crippen molar-refractivity contribution in [3.8, 4) is 11.5 Å². The number of nitrogens with one attached hydrogen (secondary N) is 1. The Morgan fingerprint density at radius 2 is 1.88 bits per heavy atom. The van der Waals surface area contributed by atoms with Gasteiger partial charge < -0.3 is 9.47 Å². The average molecular weight is 326 g/mol. The van der Waals surface area contributed by atoms with Crippen LogP contribution in [0.3, 0.4) is 0 Å². The first-order valence-corrected chi connectivity index (χ1v) is 7.73. The first kappa shape index (κ1) is 15.8. The first-order chi connectivity index (χ1) is 11.7. The summed E-state index contributed by atoms with van der Waals surface area (Å²) in [7, 11) is 0. The zero-order valence-electron chi connectivity index (χ0n) is 13.5. The van der Waals surface area contributed by atoms with Gasteiger partial charge in [-0.3, -0.25) is 14.5 Å². The minimum absolute atomic E-state index is 0.294. The summed E-state index contributed by atoms with van der Waals surface area (Å²) >= 11 is 0. The molecule has 0 saturated heterocycles. The molecule has 0 fully saturated rings. The van der Waals surface area contributed by atoms with E-state index < -0.39 is 0 Å². The molecule has 2 heterocycles. The second kappa shape index (κ2) is 6.99. The normalized spacial score (nSPS) is 10.6. The summed E-state index contributed by atoms with van der Waals surface area (Å²) < 4.78 is 12.8. The SMILES string of the molecule is CCOc1ccc(C(=O)Nc2nnc3ccccn23)cc1OCC. The number of benzene rings is 1. The summed E-state index contributed by atoms with van der Waals surface area (Å²) in [6.07, 6.45) is 1.79. The third-order valence-corrected chi connectivity index (χ3v) is 3.34. The molecule has 0 aliphatic heterocycles. The van der Waals surface area contributed by atoms with Crippen molar-refractivity contribution in [1.82, 2.24) is 14.6 Å². The zero-order chi connectivity index (χ0) is 16.9. The number of fused-ring (bicyclic) bond motifs is 1. The molecule has 1 N–H and O–H groups in total. The topological polar surface area (TPSA) is 77.8 Å². The second-order valence-electron chi connectivity index (χ2n) is 4.93. The molecule has 0 spiro atoms. The van der Waals surface area contributed by atoms with Gasteiger partial charge in [0, 0.05) is 11.8 Å². The number of anilines is 1. The number of rotatable bonds is 6. The van der Waals surface area contributed by atoms with Crippen LogP contribution in [0.1, 0.15) is 24.2 Å². The molecule has 0 bridgehead atoms. The molecule has 0 atom stereocenters. The fraction of sp³-hybridized carbons (Fsp3) is 0.235. The summed E-state index contributed by atoms with van der Waals surface area (Å²) in [5, 5.41) is 10.8. The predicted molar refractivity (Wildman–Crippen MR) is 89.7 cm³/mol. The lowest BCUT2D eigenvalue weighted by molar-refractivity contribution is 0.102. The molecule has 3 aromatic rings. The molecule has 0 radical (unpaired) electrons. The van der Waals surface area contributed by atoms with Gasteiger partial charge in [-0.15, -0.1) is 10.2 Å². The third-order valence-electron chi connectivity index (χ3n) is 3.34. The second-order valence-corrected chi connectivity index (χ2v) is 4.93. The highest BCUT2D eigenvalue weighted by Gasteiger charge is 2.14. The van der Waals surface area contributed by atoms with E-state index in [1.165, 1.54) is 0 Å². The molecule has 0 aliphatic rings. The molecule has 1 amide bonds. The van der Waals surface area contributed by atoms with Crippen LogP contribution in [0, 0.1) is 0 Å². The van der Waals surface area contributed by atoms with Crippen LogP contribution in [-0.2, 0) is 0 Å². The number of nitrogens with zero attached hydrogens (tertiary/aromatic N) is 3. The van der Waals surface area contributed by atoms with Crippen LogP contribution >= 0.6 is 0 Å². The van der Waals surface area contributed by atoms with E-state index in [9.17, 15) is 4.79 Å². The van der Waals surface area contributed by atoms with Gasteiger partial charge in [0.2, 0.25) is 5.95 Å². The molecule has 1 aromatic carbocycles. The Hall–Kier alpha value is -3.09. The van der Waals surface area contributed by atoms with Gasteiger partial charge in [0.1, 0.15) is 0 Å².